The van der Waals surface area contributed by atoms with E-state index in [1.165, 1.54) is 0 Å². The van der Waals surface area contributed by atoms with Gasteiger partial charge in [-0.1, -0.05) is 48.5 Å². The fourth-order valence-electron chi connectivity index (χ4n) is 4.05. The smallest absolute Gasteiger partial charge is 0.273 e. The van der Waals surface area contributed by atoms with Crippen LogP contribution in [0.15, 0.2) is 66.7 Å². The summed E-state index contributed by atoms with van der Waals surface area (Å²) in [6.45, 7) is 1.04. The number of rotatable bonds is 3. The van der Waals surface area contributed by atoms with Crippen LogP contribution >= 0.6 is 0 Å². The predicted octanol–water partition coefficient (Wildman–Crippen LogP) is 3.13. The number of hydrogen-bond donors (Lipinski definition) is 2. The van der Waals surface area contributed by atoms with E-state index in [0.717, 1.165) is 16.7 Å². The van der Waals surface area contributed by atoms with Gasteiger partial charge in [-0.15, -0.1) is 0 Å². The van der Waals surface area contributed by atoms with Gasteiger partial charge < -0.3 is 16.4 Å². The van der Waals surface area contributed by atoms with Crippen LogP contribution in [-0.4, -0.2) is 26.7 Å². The number of nitrogens with zero attached hydrogens (tertiary/aromatic N) is 3. The molecule has 4 aromatic rings. The Morgan fingerprint density at radius 2 is 1.55 bits per heavy atom. The molecule has 1 aliphatic rings. The van der Waals surface area contributed by atoms with Gasteiger partial charge in [0.1, 0.15) is 5.69 Å². The number of nitrogens with two attached hydrogens (primary N) is 2. The van der Waals surface area contributed by atoms with E-state index >= 15 is 0 Å². The van der Waals surface area contributed by atoms with Crippen LogP contribution in [0.1, 0.15) is 32.0 Å². The molecule has 0 aliphatic carbocycles. The zero-order valence-electron chi connectivity index (χ0n) is 16.6. The molecule has 2 amide bonds. The van der Waals surface area contributed by atoms with Crippen molar-refractivity contribution in [2.24, 2.45) is 5.73 Å². The van der Waals surface area contributed by atoms with E-state index in [0.29, 0.717) is 35.1 Å². The van der Waals surface area contributed by atoms with Crippen LogP contribution in [0.25, 0.3) is 22.0 Å². The first-order valence-electron chi connectivity index (χ1n) is 9.84. The van der Waals surface area contributed by atoms with E-state index < -0.39 is 5.91 Å². The fourth-order valence-corrected chi connectivity index (χ4v) is 4.05. The zero-order chi connectivity index (χ0) is 21.5. The van der Waals surface area contributed by atoms with Crippen molar-refractivity contribution >= 4 is 28.7 Å². The first-order valence-corrected chi connectivity index (χ1v) is 9.84. The molecule has 0 fully saturated rings. The molecule has 0 bridgehead atoms. The number of anilines is 1. The average molecular weight is 409 g/mol. The summed E-state index contributed by atoms with van der Waals surface area (Å²) in [5.74, 6) is -0.691. The van der Waals surface area contributed by atoms with Crippen molar-refractivity contribution in [2.45, 2.75) is 13.1 Å². The lowest BCUT2D eigenvalue weighted by Gasteiger charge is -2.17. The second kappa shape index (κ2) is 7.21. The monoisotopic (exact) mass is 409 g/mol. The van der Waals surface area contributed by atoms with Gasteiger partial charge >= 0.3 is 0 Å². The van der Waals surface area contributed by atoms with Gasteiger partial charge in [-0.25, -0.2) is 9.97 Å². The molecule has 152 valence electrons. The van der Waals surface area contributed by atoms with Crippen LogP contribution in [0.5, 0.6) is 0 Å². The van der Waals surface area contributed by atoms with Crippen molar-refractivity contribution in [3.05, 3.63) is 89.1 Å². The third-order valence-electron chi connectivity index (χ3n) is 5.55. The molecule has 3 aromatic carbocycles. The number of carbonyl (C=O) groups is 2. The highest BCUT2D eigenvalue weighted by Gasteiger charge is 2.27. The Balaban J connectivity index is 1.61. The summed E-state index contributed by atoms with van der Waals surface area (Å²) in [6.07, 6.45) is 0. The molecule has 31 heavy (non-hydrogen) atoms. The Hall–Kier alpha value is -4.26. The SMILES string of the molecule is NC(=O)c1ccccc1-c1ccc2nc(N)nc(C(=O)N3Cc4ccccc4C3)c2c1. The minimum absolute atomic E-state index is 0.0397. The minimum atomic E-state index is -0.518. The van der Waals surface area contributed by atoms with Gasteiger partial charge in [0, 0.05) is 24.0 Å². The number of amides is 2. The van der Waals surface area contributed by atoms with Crippen molar-refractivity contribution in [3.63, 3.8) is 0 Å². The molecule has 4 N–H and O–H groups in total. The second-order valence-electron chi connectivity index (χ2n) is 7.50. The van der Waals surface area contributed by atoms with Crippen LogP contribution in [0.4, 0.5) is 5.95 Å². The van der Waals surface area contributed by atoms with E-state index in [-0.39, 0.29) is 17.5 Å². The van der Waals surface area contributed by atoms with Gasteiger partial charge in [0.15, 0.2) is 0 Å². The summed E-state index contributed by atoms with van der Waals surface area (Å²) in [4.78, 5) is 35.6. The number of carbonyl (C=O) groups excluding carboxylic acids is 2. The summed E-state index contributed by atoms with van der Waals surface area (Å²) in [6, 6.07) is 20.5. The maximum atomic E-state index is 13.4. The maximum absolute atomic E-state index is 13.4. The van der Waals surface area contributed by atoms with E-state index in [4.69, 9.17) is 11.5 Å². The van der Waals surface area contributed by atoms with Gasteiger partial charge in [-0.3, -0.25) is 9.59 Å². The lowest BCUT2D eigenvalue weighted by molar-refractivity contribution is 0.0747. The van der Waals surface area contributed by atoms with E-state index in [2.05, 4.69) is 9.97 Å². The Kier molecular flexibility index (Phi) is 4.36. The molecule has 5 rings (SSSR count). The van der Waals surface area contributed by atoms with Gasteiger partial charge in [0.25, 0.3) is 5.91 Å². The molecule has 1 aromatic heterocycles. The number of primary amides is 1. The third-order valence-corrected chi connectivity index (χ3v) is 5.55. The van der Waals surface area contributed by atoms with E-state index in [9.17, 15) is 9.59 Å². The first kappa shape index (κ1) is 18.7. The summed E-state index contributed by atoms with van der Waals surface area (Å²) < 4.78 is 0. The first-order chi connectivity index (χ1) is 15.0. The topological polar surface area (TPSA) is 115 Å². The lowest BCUT2D eigenvalue weighted by atomic mass is 9.97. The summed E-state index contributed by atoms with van der Waals surface area (Å²) in [5.41, 5.74) is 16.3. The Morgan fingerprint density at radius 3 is 2.26 bits per heavy atom. The van der Waals surface area contributed by atoms with Crippen LogP contribution in [0.3, 0.4) is 0 Å². The molecule has 0 unspecified atom stereocenters. The fraction of sp³-hybridized carbons (Fsp3) is 0.0833. The van der Waals surface area contributed by atoms with Gasteiger partial charge in [0.05, 0.1) is 5.52 Å². The molecule has 7 nitrogen and oxygen atoms in total. The van der Waals surface area contributed by atoms with Gasteiger partial charge in [-0.2, -0.15) is 0 Å². The second-order valence-corrected chi connectivity index (χ2v) is 7.50. The molecule has 1 aliphatic heterocycles. The van der Waals surface area contributed by atoms with Crippen molar-refractivity contribution < 1.29 is 9.59 Å². The summed E-state index contributed by atoms with van der Waals surface area (Å²) in [7, 11) is 0. The average Bonchev–Trinajstić information content (AvgIpc) is 3.22. The van der Waals surface area contributed by atoms with Crippen molar-refractivity contribution in [3.8, 4) is 11.1 Å². The molecule has 0 atom stereocenters. The van der Waals surface area contributed by atoms with Crippen LogP contribution in [-0.2, 0) is 13.1 Å². The lowest BCUT2D eigenvalue weighted by Crippen LogP contribution is -2.27. The zero-order valence-corrected chi connectivity index (χ0v) is 16.6. The van der Waals surface area contributed by atoms with E-state index in [1.807, 2.05) is 48.5 Å². The van der Waals surface area contributed by atoms with Gasteiger partial charge in [-0.05, 0) is 40.5 Å². The van der Waals surface area contributed by atoms with Crippen molar-refractivity contribution in [2.75, 3.05) is 5.73 Å². The number of nitrogen functional groups attached to an aromatic ring is 1. The number of hydrogen-bond acceptors (Lipinski definition) is 5. The highest BCUT2D eigenvalue weighted by atomic mass is 16.2. The molecule has 0 saturated heterocycles. The highest BCUT2D eigenvalue weighted by Crippen LogP contribution is 2.30. The quantitative estimate of drug-likeness (QED) is 0.539. The Bertz CT molecular complexity index is 1340. The number of benzene rings is 3. The minimum Gasteiger partial charge on any atom is -0.368 e. The molecule has 2 heterocycles. The largest absolute Gasteiger partial charge is 0.368 e. The third kappa shape index (κ3) is 3.26. The molecule has 0 spiro atoms. The standard InChI is InChI=1S/C24H19N5O2/c25-22(30)18-8-4-3-7-17(18)14-9-10-20-19(11-14)21(28-24(26)27-20)23(31)29-12-15-5-1-2-6-16(15)13-29/h1-11H,12-13H2,(H2,25,30)(H2,26,27,28). The molecule has 7 heteroatoms. The highest BCUT2D eigenvalue weighted by molar-refractivity contribution is 6.07. The van der Waals surface area contributed by atoms with Crippen LogP contribution in [0.2, 0.25) is 0 Å². The van der Waals surface area contributed by atoms with Gasteiger partial charge in [0.2, 0.25) is 11.9 Å². The summed E-state index contributed by atoms with van der Waals surface area (Å²) >= 11 is 0. The molecular formula is C24H19N5O2. The number of fused-ring (bicyclic) bond motifs is 2. The molecule has 0 saturated carbocycles. The Morgan fingerprint density at radius 1 is 0.871 bits per heavy atom. The van der Waals surface area contributed by atoms with Crippen LogP contribution < -0.4 is 11.5 Å². The van der Waals surface area contributed by atoms with Crippen LogP contribution in [0, 0.1) is 0 Å². The maximum Gasteiger partial charge on any atom is 0.273 e. The van der Waals surface area contributed by atoms with Crippen molar-refractivity contribution in [1.82, 2.24) is 14.9 Å². The number of aromatic nitrogens is 2. The summed E-state index contributed by atoms with van der Waals surface area (Å²) in [5, 5.41) is 0.576. The van der Waals surface area contributed by atoms with Crippen molar-refractivity contribution in [1.29, 1.82) is 0 Å². The molecular weight excluding hydrogens is 390 g/mol. The Labute approximate surface area is 178 Å². The molecule has 0 radical (unpaired) electrons. The predicted molar refractivity (Wildman–Crippen MR) is 118 cm³/mol. The normalized spacial score (nSPS) is 12.7. The van der Waals surface area contributed by atoms with E-state index in [1.54, 1.807) is 23.1 Å².